The minimum absolute atomic E-state index is 0.0590. The van der Waals surface area contributed by atoms with Crippen molar-refractivity contribution in [2.75, 3.05) is 5.32 Å². The van der Waals surface area contributed by atoms with Crippen molar-refractivity contribution in [1.29, 1.82) is 0 Å². The molecule has 4 nitrogen and oxygen atoms in total. The van der Waals surface area contributed by atoms with E-state index in [0.717, 1.165) is 10.9 Å². The van der Waals surface area contributed by atoms with E-state index in [1.54, 1.807) is 6.20 Å². The van der Waals surface area contributed by atoms with Crippen molar-refractivity contribution in [2.45, 2.75) is 13.0 Å². The van der Waals surface area contributed by atoms with Gasteiger partial charge in [0.05, 0.1) is 0 Å². The van der Waals surface area contributed by atoms with Gasteiger partial charge < -0.3 is 9.88 Å². The summed E-state index contributed by atoms with van der Waals surface area (Å²) < 4.78 is 1.97. The van der Waals surface area contributed by atoms with E-state index in [-0.39, 0.29) is 11.9 Å². The average molecular weight is 271 g/mol. The van der Waals surface area contributed by atoms with E-state index in [1.165, 1.54) is 11.3 Å². The van der Waals surface area contributed by atoms with Gasteiger partial charge in [-0.3, -0.25) is 4.79 Å². The lowest BCUT2D eigenvalue weighted by Gasteiger charge is -2.14. The molecule has 1 aromatic carbocycles. The van der Waals surface area contributed by atoms with Crippen molar-refractivity contribution in [1.82, 2.24) is 9.55 Å². The number of amides is 1. The number of hydrogen-bond acceptors (Lipinski definition) is 3. The molecule has 1 N–H and O–H groups in total. The molecule has 3 rings (SSSR count). The van der Waals surface area contributed by atoms with Gasteiger partial charge in [-0.15, -0.1) is 11.3 Å². The van der Waals surface area contributed by atoms with Gasteiger partial charge in [0.2, 0.25) is 5.91 Å². The van der Waals surface area contributed by atoms with E-state index >= 15 is 0 Å². The largest absolute Gasteiger partial charge is 0.335 e. The molecular weight excluding hydrogens is 258 g/mol. The number of aromatic nitrogens is 2. The maximum absolute atomic E-state index is 12.2. The number of rotatable bonds is 3. The number of carbonyl (C=O) groups excluding carboxylic acids is 1. The Labute approximate surface area is 114 Å². The zero-order chi connectivity index (χ0) is 13.2. The van der Waals surface area contributed by atoms with Crippen LogP contribution in [0, 0.1) is 0 Å². The van der Waals surface area contributed by atoms with Crippen LogP contribution in [0.25, 0.3) is 10.9 Å². The molecule has 0 saturated heterocycles. The molecule has 19 heavy (non-hydrogen) atoms. The zero-order valence-electron chi connectivity index (χ0n) is 10.4. The molecule has 3 aromatic rings. The third-order valence-electron chi connectivity index (χ3n) is 3.09. The van der Waals surface area contributed by atoms with Gasteiger partial charge in [0.15, 0.2) is 5.13 Å². The number of carbonyl (C=O) groups is 1. The van der Waals surface area contributed by atoms with Gasteiger partial charge in [0, 0.05) is 23.3 Å². The molecule has 0 aliphatic carbocycles. The molecule has 5 heteroatoms. The van der Waals surface area contributed by atoms with Crippen LogP contribution < -0.4 is 5.32 Å². The van der Waals surface area contributed by atoms with Gasteiger partial charge in [-0.25, -0.2) is 4.98 Å². The highest BCUT2D eigenvalue weighted by molar-refractivity contribution is 7.13. The first-order valence-electron chi connectivity index (χ1n) is 6.01. The summed E-state index contributed by atoms with van der Waals surface area (Å²) in [6.45, 7) is 1.88. The number of thiazole rings is 1. The Morgan fingerprint density at radius 2 is 2.21 bits per heavy atom. The normalized spacial score (nSPS) is 12.5. The van der Waals surface area contributed by atoms with E-state index < -0.39 is 0 Å². The molecule has 0 radical (unpaired) electrons. The van der Waals surface area contributed by atoms with Crippen LogP contribution in [0.2, 0.25) is 0 Å². The maximum Gasteiger partial charge on any atom is 0.248 e. The quantitative estimate of drug-likeness (QED) is 0.794. The van der Waals surface area contributed by atoms with E-state index in [0.29, 0.717) is 5.13 Å². The van der Waals surface area contributed by atoms with E-state index in [9.17, 15) is 4.79 Å². The topological polar surface area (TPSA) is 46.9 Å². The first-order chi connectivity index (χ1) is 9.25. The second-order valence-corrected chi connectivity index (χ2v) is 5.18. The third kappa shape index (κ3) is 2.24. The predicted molar refractivity (Wildman–Crippen MR) is 77.4 cm³/mol. The first-order valence-corrected chi connectivity index (χ1v) is 6.89. The van der Waals surface area contributed by atoms with Gasteiger partial charge in [-0.2, -0.15) is 0 Å². The van der Waals surface area contributed by atoms with Crippen LogP contribution in [0.1, 0.15) is 13.0 Å². The molecule has 0 aliphatic heterocycles. The summed E-state index contributed by atoms with van der Waals surface area (Å²) >= 11 is 1.42. The van der Waals surface area contributed by atoms with Crippen LogP contribution in [0.5, 0.6) is 0 Å². The fourth-order valence-corrected chi connectivity index (χ4v) is 2.60. The van der Waals surface area contributed by atoms with Gasteiger partial charge in [-0.05, 0) is 24.4 Å². The third-order valence-corrected chi connectivity index (χ3v) is 3.78. The second-order valence-electron chi connectivity index (χ2n) is 4.28. The monoisotopic (exact) mass is 271 g/mol. The van der Waals surface area contributed by atoms with E-state index in [2.05, 4.69) is 10.3 Å². The molecule has 0 bridgehead atoms. The Kier molecular flexibility index (Phi) is 3.05. The van der Waals surface area contributed by atoms with Crippen molar-refractivity contribution < 1.29 is 4.79 Å². The van der Waals surface area contributed by atoms with Crippen LogP contribution in [-0.4, -0.2) is 15.5 Å². The van der Waals surface area contributed by atoms with Gasteiger partial charge in [-0.1, -0.05) is 18.2 Å². The summed E-state index contributed by atoms with van der Waals surface area (Å²) in [6.07, 6.45) is 3.62. The molecule has 96 valence electrons. The van der Waals surface area contributed by atoms with Gasteiger partial charge in [0.25, 0.3) is 0 Å². The summed E-state index contributed by atoms with van der Waals surface area (Å²) in [4.78, 5) is 16.2. The number of hydrogen-bond donors (Lipinski definition) is 1. The molecular formula is C14H13N3OS. The minimum Gasteiger partial charge on any atom is -0.335 e. The van der Waals surface area contributed by atoms with Gasteiger partial charge >= 0.3 is 0 Å². The van der Waals surface area contributed by atoms with Crippen LogP contribution in [0.15, 0.2) is 48.1 Å². The molecule has 0 unspecified atom stereocenters. The molecule has 2 aromatic heterocycles. The Morgan fingerprint density at radius 1 is 1.37 bits per heavy atom. The van der Waals surface area contributed by atoms with Crippen LogP contribution >= 0.6 is 11.3 Å². The summed E-state index contributed by atoms with van der Waals surface area (Å²) in [5.41, 5.74) is 1.06. The van der Waals surface area contributed by atoms with Crippen molar-refractivity contribution in [2.24, 2.45) is 0 Å². The number of fused-ring (bicyclic) bond motifs is 1. The molecule has 1 atom stereocenters. The first kappa shape index (κ1) is 11.9. The molecule has 2 heterocycles. The summed E-state index contributed by atoms with van der Waals surface area (Å²) in [5.74, 6) is -0.0590. The zero-order valence-corrected chi connectivity index (χ0v) is 11.2. The maximum atomic E-state index is 12.2. The van der Waals surface area contributed by atoms with Crippen molar-refractivity contribution in [3.05, 3.63) is 48.1 Å². The minimum atomic E-state index is -0.274. The van der Waals surface area contributed by atoms with Crippen molar-refractivity contribution in [3.63, 3.8) is 0 Å². The number of anilines is 1. The SMILES string of the molecule is C[C@H](C(=O)Nc1nccs1)n1ccc2ccccc21. The molecule has 0 spiro atoms. The number of para-hydroxylation sites is 1. The summed E-state index contributed by atoms with van der Waals surface area (Å²) in [7, 11) is 0. The highest BCUT2D eigenvalue weighted by atomic mass is 32.1. The summed E-state index contributed by atoms with van der Waals surface area (Å²) in [6, 6.07) is 9.77. The van der Waals surface area contributed by atoms with Crippen LogP contribution in [0.3, 0.4) is 0 Å². The Bertz CT molecular complexity index is 702. The van der Waals surface area contributed by atoms with E-state index in [4.69, 9.17) is 0 Å². The predicted octanol–water partition coefficient (Wildman–Crippen LogP) is 3.30. The van der Waals surface area contributed by atoms with E-state index in [1.807, 2.05) is 53.4 Å². The number of nitrogens with one attached hydrogen (secondary N) is 1. The summed E-state index contributed by atoms with van der Waals surface area (Å²) in [5, 5.41) is 6.43. The lowest BCUT2D eigenvalue weighted by atomic mass is 10.2. The average Bonchev–Trinajstić information content (AvgIpc) is 3.06. The van der Waals surface area contributed by atoms with Crippen molar-refractivity contribution >= 4 is 33.3 Å². The standard InChI is InChI=1S/C14H13N3OS/c1-10(13(18)16-14-15-7-9-19-14)17-8-6-11-4-2-3-5-12(11)17/h2-10H,1H3,(H,15,16,18)/t10-/m1/s1. The molecule has 0 aliphatic rings. The molecule has 0 saturated carbocycles. The number of benzene rings is 1. The molecule has 0 fully saturated rings. The lowest BCUT2D eigenvalue weighted by Crippen LogP contribution is -2.23. The Morgan fingerprint density at radius 3 is 3.00 bits per heavy atom. The second kappa shape index (κ2) is 4.85. The Balaban J connectivity index is 1.87. The fourth-order valence-electron chi connectivity index (χ4n) is 2.06. The van der Waals surface area contributed by atoms with Crippen LogP contribution in [-0.2, 0) is 4.79 Å². The lowest BCUT2D eigenvalue weighted by molar-refractivity contribution is -0.118. The van der Waals surface area contributed by atoms with Crippen LogP contribution in [0.4, 0.5) is 5.13 Å². The highest BCUT2D eigenvalue weighted by Gasteiger charge is 2.17. The van der Waals surface area contributed by atoms with Crippen molar-refractivity contribution in [3.8, 4) is 0 Å². The number of nitrogens with zero attached hydrogens (tertiary/aromatic N) is 2. The highest BCUT2D eigenvalue weighted by Crippen LogP contribution is 2.21. The molecule has 1 amide bonds. The Hall–Kier alpha value is -2.14. The van der Waals surface area contributed by atoms with Gasteiger partial charge in [0.1, 0.15) is 6.04 Å². The fraction of sp³-hybridized carbons (Fsp3) is 0.143. The smallest absolute Gasteiger partial charge is 0.248 e.